The highest BCUT2D eigenvalue weighted by molar-refractivity contribution is 5.89. The predicted molar refractivity (Wildman–Crippen MR) is 106 cm³/mol. The van der Waals surface area contributed by atoms with Crippen molar-refractivity contribution in [1.29, 1.82) is 0 Å². The first kappa shape index (κ1) is 18.8. The highest BCUT2D eigenvalue weighted by Gasteiger charge is 2.18. The minimum atomic E-state index is -0.512. The average molecular weight is 368 g/mol. The lowest BCUT2D eigenvalue weighted by molar-refractivity contribution is 0.284. The Kier molecular flexibility index (Phi) is 6.01. The van der Waals surface area contributed by atoms with E-state index in [1.807, 2.05) is 30.3 Å². The van der Waals surface area contributed by atoms with Gasteiger partial charge in [0.25, 0.3) is 0 Å². The van der Waals surface area contributed by atoms with E-state index < -0.39 is 16.9 Å². The number of unbranched alkanes of at least 4 members (excludes halogenated alkanes) is 4. The van der Waals surface area contributed by atoms with Crippen LogP contribution in [0.5, 0.6) is 17.2 Å². The van der Waals surface area contributed by atoms with E-state index in [4.69, 9.17) is 9.15 Å². The molecule has 5 heteroatoms. The van der Waals surface area contributed by atoms with Gasteiger partial charge in [0.15, 0.2) is 16.9 Å². The fraction of sp³-hybridized carbons (Fsp3) is 0.318. The summed E-state index contributed by atoms with van der Waals surface area (Å²) in [6, 6.07) is 12.0. The van der Waals surface area contributed by atoms with Gasteiger partial charge >= 0.3 is 0 Å². The van der Waals surface area contributed by atoms with Gasteiger partial charge in [-0.1, -0.05) is 62.9 Å². The lowest BCUT2D eigenvalue weighted by Crippen LogP contribution is -2.03. The Labute approximate surface area is 157 Å². The summed E-state index contributed by atoms with van der Waals surface area (Å²) in [5, 5.41) is 20.4. The molecule has 0 saturated heterocycles. The maximum absolute atomic E-state index is 12.4. The van der Waals surface area contributed by atoms with Crippen molar-refractivity contribution < 1.29 is 19.4 Å². The Morgan fingerprint density at radius 3 is 2.44 bits per heavy atom. The van der Waals surface area contributed by atoms with Gasteiger partial charge in [-0.15, -0.1) is 0 Å². The second-order valence-corrected chi connectivity index (χ2v) is 6.55. The third-order valence-corrected chi connectivity index (χ3v) is 4.50. The van der Waals surface area contributed by atoms with Crippen LogP contribution in [-0.2, 0) is 0 Å². The van der Waals surface area contributed by atoms with Crippen LogP contribution in [0.4, 0.5) is 0 Å². The van der Waals surface area contributed by atoms with Crippen LogP contribution in [0.25, 0.3) is 22.3 Å². The van der Waals surface area contributed by atoms with Crippen molar-refractivity contribution in [2.75, 3.05) is 6.61 Å². The van der Waals surface area contributed by atoms with Crippen LogP contribution in [0.2, 0.25) is 0 Å². The summed E-state index contributed by atoms with van der Waals surface area (Å²) >= 11 is 0. The molecule has 142 valence electrons. The van der Waals surface area contributed by atoms with E-state index in [1.54, 1.807) is 0 Å². The maximum Gasteiger partial charge on any atom is 0.201 e. The molecular weight excluding hydrogens is 344 g/mol. The Morgan fingerprint density at radius 1 is 0.963 bits per heavy atom. The zero-order chi connectivity index (χ0) is 19.2. The number of benzene rings is 2. The molecule has 2 N–H and O–H groups in total. The van der Waals surface area contributed by atoms with E-state index in [9.17, 15) is 15.0 Å². The molecule has 0 atom stereocenters. The molecule has 0 spiro atoms. The first-order chi connectivity index (χ1) is 13.1. The van der Waals surface area contributed by atoms with Crippen molar-refractivity contribution in [1.82, 2.24) is 0 Å². The number of hydrogen-bond acceptors (Lipinski definition) is 5. The van der Waals surface area contributed by atoms with Gasteiger partial charge in [0.1, 0.15) is 16.7 Å². The summed E-state index contributed by atoms with van der Waals surface area (Å²) in [5.41, 5.74) is 0.508. The van der Waals surface area contributed by atoms with Crippen LogP contribution in [0.3, 0.4) is 0 Å². The van der Waals surface area contributed by atoms with Gasteiger partial charge in [-0.05, 0) is 6.42 Å². The fourth-order valence-corrected chi connectivity index (χ4v) is 3.01. The monoisotopic (exact) mass is 368 g/mol. The van der Waals surface area contributed by atoms with Crippen molar-refractivity contribution in [2.24, 2.45) is 0 Å². The Hall–Kier alpha value is -2.95. The lowest BCUT2D eigenvalue weighted by Gasteiger charge is -2.11. The summed E-state index contributed by atoms with van der Waals surface area (Å²) in [7, 11) is 0. The molecule has 3 rings (SSSR count). The van der Waals surface area contributed by atoms with E-state index in [1.165, 1.54) is 25.0 Å². The second-order valence-electron chi connectivity index (χ2n) is 6.55. The van der Waals surface area contributed by atoms with Crippen LogP contribution >= 0.6 is 0 Å². The predicted octanol–water partition coefficient (Wildman–Crippen LogP) is 5.22. The Bertz CT molecular complexity index is 960. The molecule has 2 aromatic carbocycles. The molecule has 27 heavy (non-hydrogen) atoms. The van der Waals surface area contributed by atoms with Crippen LogP contribution in [0, 0.1) is 0 Å². The molecular formula is C22H24O5. The van der Waals surface area contributed by atoms with E-state index in [0.29, 0.717) is 12.4 Å². The third-order valence-electron chi connectivity index (χ3n) is 4.50. The van der Waals surface area contributed by atoms with Crippen molar-refractivity contribution in [3.63, 3.8) is 0 Å². The van der Waals surface area contributed by atoms with Gasteiger partial charge in [-0.2, -0.15) is 0 Å². The summed E-state index contributed by atoms with van der Waals surface area (Å²) in [6.07, 6.45) is 5.40. The number of ether oxygens (including phenoxy) is 1. The lowest BCUT2D eigenvalue weighted by atomic mass is 10.1. The van der Waals surface area contributed by atoms with E-state index in [-0.39, 0.29) is 16.7 Å². The minimum Gasteiger partial charge on any atom is -0.504 e. The zero-order valence-electron chi connectivity index (χ0n) is 15.4. The van der Waals surface area contributed by atoms with E-state index in [2.05, 4.69) is 6.92 Å². The quantitative estimate of drug-likeness (QED) is 0.421. The number of hydrogen-bond donors (Lipinski definition) is 2. The van der Waals surface area contributed by atoms with Gasteiger partial charge < -0.3 is 19.4 Å². The maximum atomic E-state index is 12.4. The average Bonchev–Trinajstić information content (AvgIpc) is 2.68. The Balaban J connectivity index is 1.90. The van der Waals surface area contributed by atoms with Crippen LogP contribution in [-0.4, -0.2) is 16.8 Å². The second kappa shape index (κ2) is 8.62. The first-order valence-corrected chi connectivity index (χ1v) is 9.32. The molecule has 0 amide bonds. The normalized spacial score (nSPS) is 11.0. The van der Waals surface area contributed by atoms with E-state index in [0.717, 1.165) is 24.8 Å². The molecule has 0 saturated carbocycles. The summed E-state index contributed by atoms with van der Waals surface area (Å²) in [5.74, 6) is -0.440. The molecule has 0 fully saturated rings. The number of rotatable bonds is 8. The molecule has 3 aromatic rings. The fourth-order valence-electron chi connectivity index (χ4n) is 3.01. The number of fused-ring (bicyclic) bond motifs is 1. The molecule has 0 aliphatic rings. The van der Waals surface area contributed by atoms with Gasteiger partial charge in [0.2, 0.25) is 5.75 Å². The number of phenols is 2. The van der Waals surface area contributed by atoms with Crippen molar-refractivity contribution in [3.8, 4) is 28.6 Å². The molecule has 5 nitrogen and oxygen atoms in total. The summed E-state index contributed by atoms with van der Waals surface area (Å²) < 4.78 is 11.4. The van der Waals surface area contributed by atoms with Gasteiger partial charge in [-0.3, -0.25) is 4.79 Å². The zero-order valence-corrected chi connectivity index (χ0v) is 15.4. The highest BCUT2D eigenvalue weighted by atomic mass is 16.5. The van der Waals surface area contributed by atoms with Crippen LogP contribution < -0.4 is 10.2 Å². The molecule has 1 heterocycles. The minimum absolute atomic E-state index is 0.0533. The van der Waals surface area contributed by atoms with Crippen molar-refractivity contribution in [2.45, 2.75) is 39.0 Å². The highest BCUT2D eigenvalue weighted by Crippen LogP contribution is 2.41. The summed E-state index contributed by atoms with van der Waals surface area (Å²) in [4.78, 5) is 12.4. The first-order valence-electron chi connectivity index (χ1n) is 9.32. The van der Waals surface area contributed by atoms with Crippen molar-refractivity contribution >= 4 is 11.0 Å². The molecule has 0 unspecified atom stereocenters. The Morgan fingerprint density at radius 2 is 1.70 bits per heavy atom. The smallest absolute Gasteiger partial charge is 0.201 e. The van der Waals surface area contributed by atoms with Gasteiger partial charge in [-0.25, -0.2) is 0 Å². The largest absolute Gasteiger partial charge is 0.504 e. The number of aromatic hydroxyl groups is 2. The third kappa shape index (κ3) is 4.25. The van der Waals surface area contributed by atoms with Gasteiger partial charge in [0, 0.05) is 17.7 Å². The topological polar surface area (TPSA) is 79.9 Å². The SMILES string of the molecule is CCCCCCCOc1cc2oc(-c3ccccc3)cc(=O)c2c(O)c1O. The standard InChI is InChI=1S/C22H24O5/c1-2-3-4-5-9-12-26-19-14-18-20(22(25)21(19)24)16(23)13-17(27-18)15-10-7-6-8-11-15/h6-8,10-11,13-14,24-25H,2-5,9,12H2,1H3. The molecule has 0 bridgehead atoms. The molecule has 1 aromatic heterocycles. The number of phenolic OH excluding ortho intramolecular Hbond substituents is 2. The molecule has 0 radical (unpaired) electrons. The van der Waals surface area contributed by atoms with Crippen LogP contribution in [0.15, 0.2) is 51.7 Å². The van der Waals surface area contributed by atoms with Gasteiger partial charge in [0.05, 0.1) is 6.61 Å². The molecule has 0 aliphatic carbocycles. The molecule has 0 aliphatic heterocycles. The summed E-state index contributed by atoms with van der Waals surface area (Å²) in [6.45, 7) is 2.58. The van der Waals surface area contributed by atoms with Crippen molar-refractivity contribution in [3.05, 3.63) is 52.7 Å². The van der Waals surface area contributed by atoms with E-state index >= 15 is 0 Å². The van der Waals surface area contributed by atoms with Crippen LogP contribution in [0.1, 0.15) is 39.0 Å².